The minimum Gasteiger partial charge on any atom is -0.493 e. The number of ether oxygens (including phenoxy) is 3. The zero-order valence-corrected chi connectivity index (χ0v) is 21.3. The summed E-state index contributed by atoms with van der Waals surface area (Å²) in [5.41, 5.74) is -0.325. The largest absolute Gasteiger partial charge is 0.493 e. The Morgan fingerprint density at radius 3 is 2.47 bits per heavy atom. The summed E-state index contributed by atoms with van der Waals surface area (Å²) < 4.78 is 17.2. The van der Waals surface area contributed by atoms with Crippen molar-refractivity contribution in [2.75, 3.05) is 21.3 Å². The maximum Gasteiger partial charge on any atom is 0.358 e. The Balaban J connectivity index is 1.73. The first-order chi connectivity index (χ1) is 17.3. The molecule has 0 spiro atoms. The van der Waals surface area contributed by atoms with E-state index in [2.05, 4.69) is 10.4 Å². The number of hydrogen-bond donors (Lipinski definition) is 1. The third-order valence-electron chi connectivity index (χ3n) is 7.18. The van der Waals surface area contributed by atoms with E-state index in [0.29, 0.717) is 17.1 Å². The molecule has 4 rings (SSSR count). The standard InChI is InChI=1S/C26H34N4O6/c1-26(25(33)27-18-11-7-5-6-8-12-18)16-30-20(14-19(28-30)24(32)36-4)23(31)29(26)15-17-10-9-13-21(34-2)22(17)35-3/h9-10,13-14,18H,5-8,11-12,15-16H2,1-4H3,(H,27,33). The Morgan fingerprint density at radius 1 is 1.11 bits per heavy atom. The smallest absolute Gasteiger partial charge is 0.358 e. The maximum atomic E-state index is 13.8. The Labute approximate surface area is 210 Å². The Hall–Kier alpha value is -3.56. The zero-order valence-electron chi connectivity index (χ0n) is 21.3. The molecule has 2 heterocycles. The predicted molar refractivity (Wildman–Crippen MR) is 131 cm³/mol. The van der Waals surface area contributed by atoms with E-state index in [4.69, 9.17) is 14.2 Å². The molecule has 10 heteroatoms. The molecular formula is C26H34N4O6. The summed E-state index contributed by atoms with van der Waals surface area (Å²) in [6.45, 7) is 1.94. The Bertz CT molecular complexity index is 1140. The van der Waals surface area contributed by atoms with Crippen LogP contribution >= 0.6 is 0 Å². The minimum absolute atomic E-state index is 0.0215. The summed E-state index contributed by atoms with van der Waals surface area (Å²) >= 11 is 0. The zero-order chi connectivity index (χ0) is 25.9. The van der Waals surface area contributed by atoms with Crippen LogP contribution in [0, 0.1) is 0 Å². The van der Waals surface area contributed by atoms with Crippen LogP contribution < -0.4 is 14.8 Å². The molecule has 1 saturated carbocycles. The summed E-state index contributed by atoms with van der Waals surface area (Å²) in [6.07, 6.45) is 6.29. The van der Waals surface area contributed by atoms with Gasteiger partial charge in [0.15, 0.2) is 17.2 Å². The maximum absolute atomic E-state index is 13.8. The van der Waals surface area contributed by atoms with Gasteiger partial charge in [-0.25, -0.2) is 4.79 Å². The summed E-state index contributed by atoms with van der Waals surface area (Å²) in [7, 11) is 4.34. The van der Waals surface area contributed by atoms with E-state index in [1.165, 1.54) is 29.9 Å². The predicted octanol–water partition coefficient (Wildman–Crippen LogP) is 2.94. The molecule has 1 aromatic carbocycles. The molecule has 0 saturated heterocycles. The number of benzene rings is 1. The third-order valence-corrected chi connectivity index (χ3v) is 7.18. The van der Waals surface area contributed by atoms with E-state index in [1.807, 2.05) is 12.1 Å². The monoisotopic (exact) mass is 498 g/mol. The second-order valence-electron chi connectivity index (χ2n) is 9.54. The van der Waals surface area contributed by atoms with Crippen LogP contribution in [0.1, 0.15) is 72.0 Å². The van der Waals surface area contributed by atoms with Crippen LogP contribution in [0.2, 0.25) is 0 Å². The SMILES string of the molecule is COC(=O)c1cc2n(n1)CC(C)(C(=O)NC1CCCCCC1)N(Cc1cccc(OC)c1OC)C2=O. The average Bonchev–Trinajstić information content (AvgIpc) is 3.13. The summed E-state index contributed by atoms with van der Waals surface area (Å²) in [4.78, 5) is 41.3. The van der Waals surface area contributed by atoms with Gasteiger partial charge in [-0.15, -0.1) is 0 Å². The number of fused-ring (bicyclic) bond motifs is 1. The number of esters is 1. The molecule has 1 aliphatic carbocycles. The fourth-order valence-corrected chi connectivity index (χ4v) is 5.11. The molecule has 194 valence electrons. The normalized spacial score (nSPS) is 20.3. The van der Waals surface area contributed by atoms with E-state index in [0.717, 1.165) is 38.5 Å². The molecule has 10 nitrogen and oxygen atoms in total. The fraction of sp³-hybridized carbons (Fsp3) is 0.538. The third kappa shape index (κ3) is 4.76. The number of amides is 2. The van der Waals surface area contributed by atoms with Gasteiger partial charge in [-0.2, -0.15) is 5.10 Å². The summed E-state index contributed by atoms with van der Waals surface area (Å²) in [5.74, 6) is -0.274. The number of nitrogens with zero attached hydrogens (tertiary/aromatic N) is 3. The first-order valence-corrected chi connectivity index (χ1v) is 12.3. The first-order valence-electron chi connectivity index (χ1n) is 12.3. The van der Waals surface area contributed by atoms with Gasteiger partial charge in [0.2, 0.25) is 5.91 Å². The van der Waals surface area contributed by atoms with E-state index in [-0.39, 0.29) is 36.4 Å². The van der Waals surface area contributed by atoms with Crippen molar-refractivity contribution in [3.63, 3.8) is 0 Å². The molecule has 0 bridgehead atoms. The molecule has 1 unspecified atom stereocenters. The van der Waals surface area contributed by atoms with Gasteiger partial charge in [0, 0.05) is 17.7 Å². The highest BCUT2D eigenvalue weighted by Crippen LogP contribution is 2.36. The minimum atomic E-state index is -1.26. The highest BCUT2D eigenvalue weighted by atomic mass is 16.5. The van der Waals surface area contributed by atoms with Crippen molar-refractivity contribution in [3.8, 4) is 11.5 Å². The van der Waals surface area contributed by atoms with Crippen LogP contribution in [0.4, 0.5) is 0 Å². The number of aromatic nitrogens is 2. The summed E-state index contributed by atoms with van der Waals surface area (Å²) in [6, 6.07) is 6.89. The lowest BCUT2D eigenvalue weighted by Gasteiger charge is -2.44. The molecular weight excluding hydrogens is 464 g/mol. The van der Waals surface area contributed by atoms with Crippen LogP contribution in [0.25, 0.3) is 0 Å². The molecule has 2 amide bonds. The van der Waals surface area contributed by atoms with Crippen LogP contribution in [0.5, 0.6) is 11.5 Å². The van der Waals surface area contributed by atoms with Gasteiger partial charge in [0.1, 0.15) is 11.2 Å². The average molecular weight is 499 g/mol. The van der Waals surface area contributed by atoms with Gasteiger partial charge in [-0.05, 0) is 25.8 Å². The molecule has 1 aromatic heterocycles. The van der Waals surface area contributed by atoms with Crippen molar-refractivity contribution in [3.05, 3.63) is 41.2 Å². The van der Waals surface area contributed by atoms with Crippen molar-refractivity contribution >= 4 is 17.8 Å². The van der Waals surface area contributed by atoms with Gasteiger partial charge in [-0.3, -0.25) is 14.3 Å². The van der Waals surface area contributed by atoms with Crippen molar-refractivity contribution in [2.24, 2.45) is 0 Å². The first kappa shape index (κ1) is 25.5. The molecule has 1 N–H and O–H groups in total. The molecule has 2 aromatic rings. The van der Waals surface area contributed by atoms with Gasteiger partial charge in [-0.1, -0.05) is 37.8 Å². The fourth-order valence-electron chi connectivity index (χ4n) is 5.11. The lowest BCUT2D eigenvalue weighted by atomic mass is 9.93. The van der Waals surface area contributed by atoms with Gasteiger partial charge in [0.05, 0.1) is 34.4 Å². The number of para-hydroxylation sites is 1. The summed E-state index contributed by atoms with van der Waals surface area (Å²) in [5, 5.41) is 7.49. The van der Waals surface area contributed by atoms with Gasteiger partial charge in [0.25, 0.3) is 5.91 Å². The quantitative estimate of drug-likeness (QED) is 0.461. The van der Waals surface area contributed by atoms with E-state index in [9.17, 15) is 14.4 Å². The number of nitrogens with one attached hydrogen (secondary N) is 1. The highest BCUT2D eigenvalue weighted by molar-refractivity contribution is 6.01. The van der Waals surface area contributed by atoms with Crippen molar-refractivity contribution in [1.29, 1.82) is 0 Å². The second kappa shape index (κ2) is 10.6. The highest BCUT2D eigenvalue weighted by Gasteiger charge is 2.49. The molecule has 2 aliphatic rings. The molecule has 1 atom stereocenters. The van der Waals surface area contributed by atoms with Gasteiger partial charge < -0.3 is 24.4 Å². The van der Waals surface area contributed by atoms with Crippen LogP contribution in [0.15, 0.2) is 24.3 Å². The van der Waals surface area contributed by atoms with Crippen LogP contribution in [-0.4, -0.2) is 65.4 Å². The molecule has 36 heavy (non-hydrogen) atoms. The molecule has 0 radical (unpaired) electrons. The second-order valence-corrected chi connectivity index (χ2v) is 9.54. The van der Waals surface area contributed by atoms with Gasteiger partial charge >= 0.3 is 5.97 Å². The number of carbonyl (C=O) groups excluding carboxylic acids is 3. The molecule has 1 fully saturated rings. The van der Waals surface area contributed by atoms with E-state index >= 15 is 0 Å². The number of methoxy groups -OCH3 is 3. The Kier molecular flexibility index (Phi) is 7.51. The van der Waals surface area contributed by atoms with Crippen molar-refractivity contribution in [2.45, 2.75) is 70.1 Å². The number of rotatable bonds is 7. The topological polar surface area (TPSA) is 112 Å². The van der Waals surface area contributed by atoms with Crippen LogP contribution in [0.3, 0.4) is 0 Å². The number of carbonyl (C=O) groups is 3. The van der Waals surface area contributed by atoms with Crippen molar-refractivity contribution < 1.29 is 28.6 Å². The lowest BCUT2D eigenvalue weighted by molar-refractivity contribution is -0.134. The number of hydrogen-bond acceptors (Lipinski definition) is 7. The van der Waals surface area contributed by atoms with Crippen LogP contribution in [-0.2, 0) is 22.6 Å². The van der Waals surface area contributed by atoms with E-state index in [1.54, 1.807) is 20.1 Å². The van der Waals surface area contributed by atoms with E-state index < -0.39 is 17.4 Å². The van der Waals surface area contributed by atoms with Crippen molar-refractivity contribution in [1.82, 2.24) is 20.0 Å². The molecule has 1 aliphatic heterocycles. The lowest BCUT2D eigenvalue weighted by Crippen LogP contribution is -2.64. The Morgan fingerprint density at radius 2 is 1.83 bits per heavy atom.